The van der Waals surface area contributed by atoms with E-state index in [1.807, 2.05) is 42.2 Å². The summed E-state index contributed by atoms with van der Waals surface area (Å²) < 4.78 is 5.74. The molecule has 0 saturated carbocycles. The van der Waals surface area contributed by atoms with Gasteiger partial charge >= 0.3 is 0 Å². The van der Waals surface area contributed by atoms with E-state index in [0.717, 1.165) is 23.3 Å². The first-order valence-corrected chi connectivity index (χ1v) is 8.80. The summed E-state index contributed by atoms with van der Waals surface area (Å²) in [7, 11) is 0. The fourth-order valence-electron chi connectivity index (χ4n) is 2.81. The van der Waals surface area contributed by atoms with E-state index in [1.54, 1.807) is 12.1 Å². The van der Waals surface area contributed by atoms with Crippen LogP contribution in [0.3, 0.4) is 0 Å². The number of aliphatic imine (C=N–C) groups is 2. The second-order valence-corrected chi connectivity index (χ2v) is 6.53. The van der Waals surface area contributed by atoms with Gasteiger partial charge in [0.05, 0.1) is 6.61 Å². The Hall–Kier alpha value is -2.73. The molecule has 0 radical (unpaired) electrons. The van der Waals surface area contributed by atoms with Crippen LogP contribution in [0.2, 0.25) is 5.02 Å². The first kappa shape index (κ1) is 18.1. The van der Waals surface area contributed by atoms with Gasteiger partial charge in [0, 0.05) is 11.6 Å². The summed E-state index contributed by atoms with van der Waals surface area (Å²) in [6, 6.07) is 15.4. The lowest BCUT2D eigenvalue weighted by Crippen LogP contribution is -2.44. The topological polar surface area (TPSA) is 89.2 Å². The predicted molar refractivity (Wildman–Crippen MR) is 105 cm³/mol. The van der Waals surface area contributed by atoms with Crippen LogP contribution in [0.5, 0.6) is 5.75 Å². The van der Waals surface area contributed by atoms with Gasteiger partial charge in [0.25, 0.3) is 0 Å². The van der Waals surface area contributed by atoms with E-state index < -0.39 is 0 Å². The van der Waals surface area contributed by atoms with E-state index in [2.05, 4.69) is 16.1 Å². The molecule has 136 valence electrons. The van der Waals surface area contributed by atoms with E-state index in [9.17, 15) is 0 Å². The minimum Gasteiger partial charge on any atom is -0.494 e. The minimum atomic E-state index is -0.275. The van der Waals surface area contributed by atoms with Crippen molar-refractivity contribution in [1.29, 1.82) is 0 Å². The highest BCUT2D eigenvalue weighted by Crippen LogP contribution is 2.25. The zero-order chi connectivity index (χ0) is 18.5. The molecule has 4 N–H and O–H groups in total. The Bertz CT molecular complexity index is 819. The van der Waals surface area contributed by atoms with Crippen LogP contribution in [-0.2, 0) is 0 Å². The van der Waals surface area contributed by atoms with Crippen molar-refractivity contribution in [3.63, 3.8) is 0 Å². The molecular weight excluding hydrogens is 350 g/mol. The fourth-order valence-corrected chi connectivity index (χ4v) is 2.93. The summed E-state index contributed by atoms with van der Waals surface area (Å²) in [5.74, 6) is 1.35. The van der Waals surface area contributed by atoms with Gasteiger partial charge in [-0.25, -0.2) is 4.99 Å². The third-order valence-corrected chi connectivity index (χ3v) is 4.29. The highest BCUT2D eigenvalue weighted by Gasteiger charge is 2.25. The van der Waals surface area contributed by atoms with E-state index in [0.29, 0.717) is 24.1 Å². The molecule has 1 aliphatic rings. The highest BCUT2D eigenvalue weighted by molar-refractivity contribution is 6.30. The number of nitrogens with two attached hydrogens (primary N) is 2. The molecule has 0 saturated heterocycles. The van der Waals surface area contributed by atoms with Crippen LogP contribution in [0.1, 0.15) is 23.7 Å². The van der Waals surface area contributed by atoms with E-state index >= 15 is 0 Å². The number of nitrogens with zero attached hydrogens (tertiary/aromatic N) is 3. The van der Waals surface area contributed by atoms with Crippen LogP contribution < -0.4 is 16.2 Å². The summed E-state index contributed by atoms with van der Waals surface area (Å²) in [6.45, 7) is 3.24. The van der Waals surface area contributed by atoms with E-state index in [4.69, 9.17) is 27.8 Å². The lowest BCUT2D eigenvalue weighted by molar-refractivity contribution is 0.258. The zero-order valence-corrected chi connectivity index (χ0v) is 15.4. The Balaban J connectivity index is 1.64. The molecular formula is C19H22ClN5O. The molecule has 0 aliphatic carbocycles. The van der Waals surface area contributed by atoms with Crippen molar-refractivity contribution in [3.05, 3.63) is 64.7 Å². The maximum Gasteiger partial charge on any atom is 0.220 e. The lowest BCUT2D eigenvalue weighted by atomic mass is 10.1. The van der Waals surface area contributed by atoms with Crippen molar-refractivity contribution in [2.75, 3.05) is 13.2 Å². The number of hydrogen-bond acceptors (Lipinski definition) is 6. The van der Waals surface area contributed by atoms with Crippen molar-refractivity contribution in [2.24, 2.45) is 21.5 Å². The lowest BCUT2D eigenvalue weighted by Gasteiger charge is -2.32. The highest BCUT2D eigenvalue weighted by atomic mass is 35.5. The number of halogens is 1. The van der Waals surface area contributed by atoms with Crippen LogP contribution in [-0.4, -0.2) is 30.0 Å². The molecule has 7 heteroatoms. The number of ether oxygens (including phenoxy) is 1. The molecule has 0 fully saturated rings. The van der Waals surface area contributed by atoms with Crippen LogP contribution >= 0.6 is 11.6 Å². The molecule has 0 aromatic heterocycles. The second-order valence-electron chi connectivity index (χ2n) is 6.09. The van der Waals surface area contributed by atoms with E-state index in [-0.39, 0.29) is 12.1 Å². The van der Waals surface area contributed by atoms with Crippen LogP contribution in [0.25, 0.3) is 0 Å². The monoisotopic (exact) mass is 371 g/mol. The summed E-state index contributed by atoms with van der Waals surface area (Å²) in [6.07, 6.45) is 0.485. The number of guanidine groups is 2. The maximum atomic E-state index is 6.10. The third-order valence-electron chi connectivity index (χ3n) is 4.04. The summed E-state index contributed by atoms with van der Waals surface area (Å²) >= 11 is 5.88. The Morgan fingerprint density at radius 1 is 1.15 bits per heavy atom. The molecule has 1 atom stereocenters. The Kier molecular flexibility index (Phi) is 5.63. The van der Waals surface area contributed by atoms with Crippen LogP contribution in [0.15, 0.2) is 58.5 Å². The van der Waals surface area contributed by atoms with Gasteiger partial charge in [-0.15, -0.1) is 0 Å². The average Bonchev–Trinajstić information content (AvgIpc) is 2.61. The fraction of sp³-hybridized carbons (Fsp3) is 0.263. The molecule has 0 amide bonds. The van der Waals surface area contributed by atoms with Crippen molar-refractivity contribution in [3.8, 4) is 5.75 Å². The summed E-state index contributed by atoms with van der Waals surface area (Å²) in [5.41, 5.74) is 14.1. The summed E-state index contributed by atoms with van der Waals surface area (Å²) in [4.78, 5) is 10.5. The largest absolute Gasteiger partial charge is 0.494 e. The number of rotatable bonds is 6. The van der Waals surface area contributed by atoms with Gasteiger partial charge in [0.15, 0.2) is 6.17 Å². The first-order chi connectivity index (χ1) is 12.5. The molecule has 2 aromatic carbocycles. The minimum absolute atomic E-state index is 0.197. The number of hydrogen-bond donors (Lipinski definition) is 2. The van der Waals surface area contributed by atoms with Crippen molar-refractivity contribution < 1.29 is 4.74 Å². The van der Waals surface area contributed by atoms with Crippen molar-refractivity contribution >= 4 is 23.5 Å². The Morgan fingerprint density at radius 3 is 2.65 bits per heavy atom. The number of benzene rings is 2. The standard InChI is InChI=1S/C19H22ClN5O/c1-13-4-2-5-14(12-13)17-23-18(21)24-19(22)25(17)10-3-11-26-16-8-6-15(20)7-9-16/h2,4-9,12,17H,3,10-11H2,1H3,(H4,21,22,23,24). The van der Waals surface area contributed by atoms with Crippen LogP contribution in [0, 0.1) is 6.92 Å². The second kappa shape index (κ2) is 8.10. The zero-order valence-electron chi connectivity index (χ0n) is 14.6. The predicted octanol–water partition coefficient (Wildman–Crippen LogP) is 3.06. The van der Waals surface area contributed by atoms with Gasteiger partial charge in [-0.1, -0.05) is 41.4 Å². The third kappa shape index (κ3) is 4.46. The number of aryl methyl sites for hydroxylation is 1. The smallest absolute Gasteiger partial charge is 0.220 e. The molecule has 0 spiro atoms. The molecule has 2 aromatic rings. The quantitative estimate of drug-likeness (QED) is 0.763. The average molecular weight is 372 g/mol. The van der Waals surface area contributed by atoms with Crippen molar-refractivity contribution in [2.45, 2.75) is 19.5 Å². The molecule has 1 heterocycles. The molecule has 1 unspecified atom stereocenters. The Labute approximate surface area is 158 Å². The molecule has 1 aliphatic heterocycles. The van der Waals surface area contributed by atoms with Gasteiger partial charge in [-0.2, -0.15) is 4.99 Å². The molecule has 26 heavy (non-hydrogen) atoms. The van der Waals surface area contributed by atoms with Gasteiger partial charge in [-0.05, 0) is 43.2 Å². The van der Waals surface area contributed by atoms with Crippen molar-refractivity contribution in [1.82, 2.24) is 4.90 Å². The molecule has 0 bridgehead atoms. The molecule has 6 nitrogen and oxygen atoms in total. The van der Waals surface area contributed by atoms with E-state index in [1.165, 1.54) is 0 Å². The maximum absolute atomic E-state index is 6.10. The Morgan fingerprint density at radius 2 is 1.92 bits per heavy atom. The van der Waals surface area contributed by atoms with Gasteiger partial charge in [-0.3, -0.25) is 0 Å². The summed E-state index contributed by atoms with van der Waals surface area (Å²) in [5, 5.41) is 0.686. The van der Waals surface area contributed by atoms with Gasteiger partial charge in [0.1, 0.15) is 5.75 Å². The molecule has 3 rings (SSSR count). The van der Waals surface area contributed by atoms with Gasteiger partial charge in [0.2, 0.25) is 11.9 Å². The van der Waals surface area contributed by atoms with Crippen LogP contribution in [0.4, 0.5) is 0 Å². The normalized spacial score (nSPS) is 16.8. The van der Waals surface area contributed by atoms with Gasteiger partial charge < -0.3 is 21.1 Å². The SMILES string of the molecule is Cc1cccc(C2N=C(N)N=C(N)N2CCCOc2ccc(Cl)cc2)c1. The first-order valence-electron chi connectivity index (χ1n) is 8.42.